The van der Waals surface area contributed by atoms with E-state index in [9.17, 15) is 13.0 Å². The molecule has 0 saturated carbocycles. The minimum absolute atomic E-state index is 0.0406. The number of hydrogen-bond acceptors (Lipinski definition) is 4. The fourth-order valence-electron chi connectivity index (χ4n) is 5.58. The first-order valence-corrected chi connectivity index (χ1v) is 11.1. The molecule has 7 heteroatoms. The van der Waals surface area contributed by atoms with E-state index in [1.54, 1.807) is 31.1 Å². The fourth-order valence-corrected chi connectivity index (χ4v) is 6.35. The zero-order chi connectivity index (χ0) is 20.5. The zero-order valence-electron chi connectivity index (χ0n) is 15.8. The average molecular weight is 420 g/mol. The van der Waals surface area contributed by atoms with Gasteiger partial charge >= 0.3 is 0 Å². The molecule has 0 radical (unpaired) electrons. The summed E-state index contributed by atoms with van der Waals surface area (Å²) in [5.74, 6) is -0.355. The van der Waals surface area contributed by atoms with Gasteiger partial charge in [0, 0.05) is 35.2 Å². The van der Waals surface area contributed by atoms with Crippen LogP contribution in [0.1, 0.15) is 46.3 Å². The molecule has 5 heterocycles. The minimum Gasteiger partial charge on any atom is -0.472 e. The Balaban J connectivity index is 1.77. The number of aromatic nitrogens is 1. The van der Waals surface area contributed by atoms with Gasteiger partial charge in [0.2, 0.25) is 0 Å². The van der Waals surface area contributed by atoms with Crippen LogP contribution in [0.3, 0.4) is 0 Å². The Hall–Kier alpha value is -3.16. The molecule has 4 aromatic rings. The Morgan fingerprint density at radius 1 is 0.967 bits per heavy atom. The molecule has 2 atom stereocenters. The van der Waals surface area contributed by atoms with E-state index < -0.39 is 15.5 Å². The van der Waals surface area contributed by atoms with E-state index in [1.165, 1.54) is 6.07 Å². The summed E-state index contributed by atoms with van der Waals surface area (Å²) in [7, 11) is -4.41. The van der Waals surface area contributed by atoms with Crippen LogP contribution in [-0.4, -0.2) is 13.0 Å². The molecule has 1 N–H and O–H groups in total. The van der Waals surface area contributed by atoms with E-state index in [4.69, 9.17) is 8.83 Å². The first-order chi connectivity index (χ1) is 14.5. The molecular formula is C23H18NO5S+. The molecule has 30 heavy (non-hydrogen) atoms. The molecule has 0 spiro atoms. The SMILES string of the molecule is O=S(=O)(O)c1cccc2c1[C@@H]1c3cccc[n+]3[C@H]2CC1(c1ccoc1)c1ccoc1. The highest BCUT2D eigenvalue weighted by atomic mass is 32.2. The summed E-state index contributed by atoms with van der Waals surface area (Å²) in [6.07, 6.45) is 9.45. The van der Waals surface area contributed by atoms with Gasteiger partial charge in [-0.3, -0.25) is 4.55 Å². The van der Waals surface area contributed by atoms with Gasteiger partial charge in [0.25, 0.3) is 10.1 Å². The lowest BCUT2D eigenvalue weighted by Crippen LogP contribution is -2.60. The molecule has 3 aromatic heterocycles. The molecule has 0 fully saturated rings. The van der Waals surface area contributed by atoms with Crippen LogP contribution >= 0.6 is 0 Å². The summed E-state index contributed by atoms with van der Waals surface area (Å²) in [4.78, 5) is -0.0406. The second kappa shape index (κ2) is 5.93. The fraction of sp³-hybridized carbons (Fsp3) is 0.174. The van der Waals surface area contributed by atoms with Crippen molar-refractivity contribution in [3.05, 3.63) is 108 Å². The molecule has 0 amide bonds. The van der Waals surface area contributed by atoms with E-state index >= 15 is 0 Å². The molecular weight excluding hydrogens is 402 g/mol. The molecule has 2 bridgehead atoms. The molecule has 150 valence electrons. The summed E-state index contributed by atoms with van der Waals surface area (Å²) >= 11 is 0. The Labute approximate surface area is 173 Å². The van der Waals surface area contributed by atoms with Gasteiger partial charge in [0.05, 0.1) is 41.3 Å². The van der Waals surface area contributed by atoms with E-state index in [-0.39, 0.29) is 16.9 Å². The van der Waals surface area contributed by atoms with E-state index in [1.807, 2.05) is 42.6 Å². The maximum absolute atomic E-state index is 12.4. The first kappa shape index (κ1) is 17.7. The van der Waals surface area contributed by atoms with Gasteiger partial charge in [-0.25, -0.2) is 0 Å². The van der Waals surface area contributed by atoms with Crippen LogP contribution in [0.15, 0.2) is 93.5 Å². The number of rotatable bonds is 3. The third kappa shape index (κ3) is 2.16. The topological polar surface area (TPSA) is 84.5 Å². The Morgan fingerprint density at radius 3 is 2.33 bits per heavy atom. The van der Waals surface area contributed by atoms with Gasteiger partial charge in [-0.1, -0.05) is 18.2 Å². The van der Waals surface area contributed by atoms with Crippen molar-refractivity contribution in [3.63, 3.8) is 0 Å². The summed E-state index contributed by atoms with van der Waals surface area (Å²) in [6.45, 7) is 0. The molecule has 0 unspecified atom stereocenters. The smallest absolute Gasteiger partial charge is 0.294 e. The highest BCUT2D eigenvalue weighted by molar-refractivity contribution is 7.85. The molecule has 6 nitrogen and oxygen atoms in total. The van der Waals surface area contributed by atoms with Gasteiger partial charge in [0.15, 0.2) is 17.9 Å². The number of fused-ring (bicyclic) bond motifs is 1. The predicted octanol–water partition coefficient (Wildman–Crippen LogP) is 3.83. The van der Waals surface area contributed by atoms with Gasteiger partial charge in [-0.05, 0) is 23.8 Å². The zero-order valence-corrected chi connectivity index (χ0v) is 16.6. The summed E-state index contributed by atoms with van der Waals surface area (Å²) in [5, 5.41) is 0. The highest BCUT2D eigenvalue weighted by Gasteiger charge is 2.61. The maximum atomic E-state index is 12.4. The van der Waals surface area contributed by atoms with Gasteiger partial charge in [-0.15, -0.1) is 0 Å². The number of benzene rings is 1. The van der Waals surface area contributed by atoms with Crippen molar-refractivity contribution >= 4 is 10.1 Å². The number of furan rings is 2. The van der Waals surface area contributed by atoms with Crippen molar-refractivity contribution in [2.75, 3.05) is 0 Å². The van der Waals surface area contributed by atoms with Crippen molar-refractivity contribution in [1.82, 2.24) is 0 Å². The van der Waals surface area contributed by atoms with Crippen LogP contribution in [0.4, 0.5) is 0 Å². The average Bonchev–Trinajstić information content (AvgIpc) is 3.47. The number of hydrogen-bond donors (Lipinski definition) is 1. The Kier molecular flexibility index (Phi) is 3.50. The van der Waals surface area contributed by atoms with Crippen molar-refractivity contribution in [3.8, 4) is 0 Å². The second-order valence-electron chi connectivity index (χ2n) is 7.92. The van der Waals surface area contributed by atoms with E-state index in [0.717, 1.165) is 22.4 Å². The van der Waals surface area contributed by atoms with Crippen LogP contribution in [0.2, 0.25) is 0 Å². The normalized spacial score (nSPS) is 21.2. The van der Waals surface area contributed by atoms with Gasteiger partial charge in [0.1, 0.15) is 0 Å². The van der Waals surface area contributed by atoms with Crippen molar-refractivity contribution in [2.24, 2.45) is 0 Å². The summed E-state index contributed by atoms with van der Waals surface area (Å²) < 4.78 is 48.0. The molecule has 1 aliphatic carbocycles. The molecule has 3 aliphatic rings. The lowest BCUT2D eigenvalue weighted by atomic mass is 9.54. The lowest BCUT2D eigenvalue weighted by Gasteiger charge is -2.48. The summed E-state index contributed by atoms with van der Waals surface area (Å²) in [5.41, 5.74) is 3.85. The van der Waals surface area contributed by atoms with Crippen LogP contribution in [0.5, 0.6) is 0 Å². The van der Waals surface area contributed by atoms with Crippen molar-refractivity contribution in [1.29, 1.82) is 0 Å². The van der Waals surface area contributed by atoms with Crippen molar-refractivity contribution < 1.29 is 26.4 Å². The standard InChI is InChI=1S/C23H17NO5S/c25-30(26,27)20-6-3-4-17-19-12-23(15-7-10-28-13-15,16-8-11-29-14-16)22(21(17)20)18-5-1-2-9-24(18)19/h1-11,13-14,19,22H,12H2/p+1/t19-,22-/m0/s1. The molecule has 0 saturated heterocycles. The van der Waals surface area contributed by atoms with Gasteiger partial charge in [-0.2, -0.15) is 13.0 Å². The molecule has 1 aromatic carbocycles. The van der Waals surface area contributed by atoms with Crippen LogP contribution in [0, 0.1) is 0 Å². The third-order valence-electron chi connectivity index (χ3n) is 6.66. The molecule has 7 rings (SSSR count). The van der Waals surface area contributed by atoms with Crippen LogP contribution in [-0.2, 0) is 15.5 Å². The monoisotopic (exact) mass is 420 g/mol. The van der Waals surface area contributed by atoms with Gasteiger partial charge < -0.3 is 8.83 Å². The molecule has 2 aliphatic heterocycles. The highest BCUT2D eigenvalue weighted by Crippen LogP contribution is 2.60. The van der Waals surface area contributed by atoms with Crippen molar-refractivity contribution in [2.45, 2.75) is 28.7 Å². The van der Waals surface area contributed by atoms with E-state index in [0.29, 0.717) is 12.0 Å². The van der Waals surface area contributed by atoms with Crippen LogP contribution in [0.25, 0.3) is 0 Å². The third-order valence-corrected chi connectivity index (χ3v) is 7.57. The Bertz CT molecular complexity index is 1320. The summed E-state index contributed by atoms with van der Waals surface area (Å²) in [6, 6.07) is 14.8. The Morgan fingerprint density at radius 2 is 1.70 bits per heavy atom. The maximum Gasteiger partial charge on any atom is 0.294 e. The van der Waals surface area contributed by atoms with Crippen LogP contribution < -0.4 is 4.57 Å². The largest absolute Gasteiger partial charge is 0.472 e. The number of nitrogens with zero attached hydrogens (tertiary/aromatic N) is 1. The minimum atomic E-state index is -4.41. The second-order valence-corrected chi connectivity index (χ2v) is 9.31. The first-order valence-electron chi connectivity index (χ1n) is 9.67. The lowest BCUT2D eigenvalue weighted by molar-refractivity contribution is -0.732. The van der Waals surface area contributed by atoms with E-state index in [2.05, 4.69) is 4.57 Å². The number of pyridine rings is 1. The predicted molar refractivity (Wildman–Crippen MR) is 106 cm³/mol. The quantitative estimate of drug-likeness (QED) is 0.402.